The van der Waals surface area contributed by atoms with Crippen LogP contribution in [0.3, 0.4) is 0 Å². The molecule has 0 bridgehead atoms. The van der Waals surface area contributed by atoms with E-state index in [1.807, 2.05) is 12.1 Å². The molecule has 3 nitrogen and oxygen atoms in total. The zero-order chi connectivity index (χ0) is 19.9. The van der Waals surface area contributed by atoms with Crippen LogP contribution < -0.4 is 0 Å². The Labute approximate surface area is 165 Å². The third kappa shape index (κ3) is 5.96. The van der Waals surface area contributed by atoms with Crippen molar-refractivity contribution in [2.45, 2.75) is 102 Å². The van der Waals surface area contributed by atoms with Gasteiger partial charge in [0.1, 0.15) is 5.75 Å². The van der Waals surface area contributed by atoms with Crippen LogP contribution in [0.15, 0.2) is 18.2 Å². The summed E-state index contributed by atoms with van der Waals surface area (Å²) >= 11 is 0. The van der Waals surface area contributed by atoms with Crippen LogP contribution >= 0.6 is 0 Å². The number of benzene rings is 1. The van der Waals surface area contributed by atoms with E-state index in [-0.39, 0.29) is 24.0 Å². The first kappa shape index (κ1) is 22.2. The molecule has 1 aliphatic rings. The molecule has 2 rings (SSSR count). The number of aliphatic hydroxyl groups excluding tert-OH is 2. The molecule has 0 saturated heterocycles. The first-order valence-electron chi connectivity index (χ1n) is 11.0. The van der Waals surface area contributed by atoms with Crippen LogP contribution in [0.5, 0.6) is 5.75 Å². The lowest BCUT2D eigenvalue weighted by Crippen LogP contribution is -2.29. The van der Waals surface area contributed by atoms with Gasteiger partial charge in [-0.1, -0.05) is 58.6 Å². The molecule has 0 radical (unpaired) electrons. The van der Waals surface area contributed by atoms with Gasteiger partial charge in [0, 0.05) is 12.2 Å². The monoisotopic (exact) mass is 376 g/mol. The Kier molecular flexibility index (Phi) is 8.62. The number of aromatic hydroxyl groups is 1. The largest absolute Gasteiger partial charge is 0.508 e. The highest BCUT2D eigenvalue weighted by Crippen LogP contribution is 2.47. The predicted molar refractivity (Wildman–Crippen MR) is 112 cm³/mol. The summed E-state index contributed by atoms with van der Waals surface area (Å²) < 4.78 is 0. The lowest BCUT2D eigenvalue weighted by molar-refractivity contribution is 0.0879. The number of rotatable bonds is 10. The third-order valence-electron chi connectivity index (χ3n) is 6.51. The Bertz CT molecular complexity index is 565. The van der Waals surface area contributed by atoms with Gasteiger partial charge in [-0.2, -0.15) is 0 Å². The molecule has 0 amide bonds. The van der Waals surface area contributed by atoms with Crippen molar-refractivity contribution in [3.8, 4) is 5.75 Å². The number of aliphatic hydroxyl groups is 2. The van der Waals surface area contributed by atoms with E-state index in [9.17, 15) is 15.3 Å². The number of unbranched alkanes of at least 4 members (excludes halogenated alkanes) is 3. The van der Waals surface area contributed by atoms with Gasteiger partial charge in [-0.05, 0) is 67.4 Å². The summed E-state index contributed by atoms with van der Waals surface area (Å²) in [6.45, 7) is 6.95. The van der Waals surface area contributed by atoms with E-state index in [1.165, 1.54) is 31.2 Å². The second-order valence-electron chi connectivity index (χ2n) is 9.14. The van der Waals surface area contributed by atoms with Crippen LogP contribution in [0.1, 0.15) is 102 Å². The van der Waals surface area contributed by atoms with E-state index in [1.54, 1.807) is 0 Å². The molecule has 1 aromatic rings. The molecule has 154 valence electrons. The van der Waals surface area contributed by atoms with E-state index in [0.717, 1.165) is 44.1 Å². The molecule has 0 heterocycles. The Morgan fingerprint density at radius 3 is 2.56 bits per heavy atom. The molecule has 1 aliphatic carbocycles. The molecule has 1 saturated carbocycles. The molecule has 3 heteroatoms. The van der Waals surface area contributed by atoms with Crippen molar-refractivity contribution < 1.29 is 15.3 Å². The fourth-order valence-corrected chi connectivity index (χ4v) is 5.01. The average Bonchev–Trinajstić information content (AvgIpc) is 2.64. The van der Waals surface area contributed by atoms with E-state index in [2.05, 4.69) is 26.8 Å². The summed E-state index contributed by atoms with van der Waals surface area (Å²) in [4.78, 5) is 0. The van der Waals surface area contributed by atoms with Crippen molar-refractivity contribution in [1.82, 2.24) is 0 Å². The SMILES string of the molecule is CCCCCCC(C)(C)c1c(O)cccc1C1CC(O)CCC1CCCO. The number of hydrogen-bond donors (Lipinski definition) is 3. The topological polar surface area (TPSA) is 60.7 Å². The summed E-state index contributed by atoms with van der Waals surface area (Å²) in [5, 5.41) is 30.4. The fourth-order valence-electron chi connectivity index (χ4n) is 5.01. The average molecular weight is 377 g/mol. The van der Waals surface area contributed by atoms with Crippen LogP contribution in [-0.4, -0.2) is 28.0 Å². The van der Waals surface area contributed by atoms with Crippen molar-refractivity contribution in [1.29, 1.82) is 0 Å². The zero-order valence-corrected chi connectivity index (χ0v) is 17.6. The van der Waals surface area contributed by atoms with Crippen LogP contribution in [0.25, 0.3) is 0 Å². The molecule has 1 aromatic carbocycles. The van der Waals surface area contributed by atoms with Gasteiger partial charge >= 0.3 is 0 Å². The highest BCUT2D eigenvalue weighted by molar-refractivity contribution is 5.46. The maximum Gasteiger partial charge on any atom is 0.119 e. The molecule has 1 fully saturated rings. The van der Waals surface area contributed by atoms with Gasteiger partial charge < -0.3 is 15.3 Å². The third-order valence-corrected chi connectivity index (χ3v) is 6.51. The van der Waals surface area contributed by atoms with Crippen molar-refractivity contribution in [2.75, 3.05) is 6.61 Å². The van der Waals surface area contributed by atoms with Gasteiger partial charge in [-0.3, -0.25) is 0 Å². The lowest BCUT2D eigenvalue weighted by Gasteiger charge is -2.38. The normalized spacial score (nSPS) is 23.5. The second-order valence-corrected chi connectivity index (χ2v) is 9.14. The number of hydrogen-bond acceptors (Lipinski definition) is 3. The van der Waals surface area contributed by atoms with Crippen molar-refractivity contribution in [3.05, 3.63) is 29.3 Å². The van der Waals surface area contributed by atoms with Crippen LogP contribution in [-0.2, 0) is 5.41 Å². The molecule has 0 aliphatic heterocycles. The first-order valence-corrected chi connectivity index (χ1v) is 11.0. The summed E-state index contributed by atoms with van der Waals surface area (Å²) in [5.41, 5.74) is 2.21. The molecule has 0 aromatic heterocycles. The van der Waals surface area contributed by atoms with Gasteiger partial charge in [-0.25, -0.2) is 0 Å². The van der Waals surface area contributed by atoms with E-state index < -0.39 is 0 Å². The maximum absolute atomic E-state index is 10.8. The minimum absolute atomic E-state index is 0.0850. The number of phenols is 1. The summed E-state index contributed by atoms with van der Waals surface area (Å²) in [5.74, 6) is 1.13. The van der Waals surface area contributed by atoms with Gasteiger partial charge in [-0.15, -0.1) is 0 Å². The van der Waals surface area contributed by atoms with Crippen LogP contribution in [0.4, 0.5) is 0 Å². The zero-order valence-electron chi connectivity index (χ0n) is 17.6. The first-order chi connectivity index (χ1) is 12.9. The highest BCUT2D eigenvalue weighted by Gasteiger charge is 2.35. The van der Waals surface area contributed by atoms with Gasteiger partial charge in [0.25, 0.3) is 0 Å². The minimum atomic E-state index is -0.261. The van der Waals surface area contributed by atoms with Crippen LogP contribution in [0.2, 0.25) is 0 Å². The molecule has 27 heavy (non-hydrogen) atoms. The van der Waals surface area contributed by atoms with Crippen molar-refractivity contribution in [3.63, 3.8) is 0 Å². The smallest absolute Gasteiger partial charge is 0.119 e. The maximum atomic E-state index is 10.8. The van der Waals surface area contributed by atoms with Gasteiger partial charge in [0.15, 0.2) is 0 Å². The van der Waals surface area contributed by atoms with E-state index in [0.29, 0.717) is 11.7 Å². The Morgan fingerprint density at radius 1 is 1.07 bits per heavy atom. The molecular formula is C24H40O3. The van der Waals surface area contributed by atoms with Gasteiger partial charge in [0.05, 0.1) is 6.10 Å². The van der Waals surface area contributed by atoms with Crippen LogP contribution in [0, 0.1) is 5.92 Å². The molecular weight excluding hydrogens is 336 g/mol. The Balaban J connectivity index is 2.30. The summed E-state index contributed by atoms with van der Waals surface area (Å²) in [6.07, 6.45) is 10.1. The molecule has 0 spiro atoms. The summed E-state index contributed by atoms with van der Waals surface area (Å²) in [7, 11) is 0. The Morgan fingerprint density at radius 2 is 1.85 bits per heavy atom. The minimum Gasteiger partial charge on any atom is -0.508 e. The molecule has 3 unspecified atom stereocenters. The molecule has 3 N–H and O–H groups in total. The quantitative estimate of drug-likeness (QED) is 0.462. The fraction of sp³-hybridized carbons (Fsp3) is 0.750. The van der Waals surface area contributed by atoms with Crippen molar-refractivity contribution >= 4 is 0 Å². The van der Waals surface area contributed by atoms with E-state index in [4.69, 9.17) is 0 Å². The van der Waals surface area contributed by atoms with Crippen molar-refractivity contribution in [2.24, 2.45) is 5.92 Å². The van der Waals surface area contributed by atoms with Gasteiger partial charge in [0.2, 0.25) is 0 Å². The summed E-state index contributed by atoms with van der Waals surface area (Å²) in [6, 6.07) is 5.93. The molecule has 3 atom stereocenters. The second kappa shape index (κ2) is 10.5. The van der Waals surface area contributed by atoms with E-state index >= 15 is 0 Å². The lowest BCUT2D eigenvalue weighted by atomic mass is 9.67. The highest BCUT2D eigenvalue weighted by atomic mass is 16.3. The number of phenolic OH excluding ortho intramolecular Hbond substituents is 1. The standard InChI is InChI=1S/C24H40O3/c1-4-5-6-7-15-24(2,3)23-20(11-8-12-22(23)27)21-17-19(26)14-13-18(21)10-9-16-25/h8,11-12,18-19,21,25-27H,4-7,9-10,13-17H2,1-3H3. The predicted octanol–water partition coefficient (Wildman–Crippen LogP) is 5.66. The Hall–Kier alpha value is -1.06.